The molecule has 0 bridgehead atoms. The normalized spacial score (nSPS) is 17.3. The number of halogens is 4. The van der Waals surface area contributed by atoms with Crippen molar-refractivity contribution in [3.05, 3.63) is 87.9 Å². The standard InChI is InChI=1S/C49H56F4N8O9S2/c1-28-20-38(55-24-36(28)61-46(71)60(45(66)48(61,6)7)34-13-12-32(22-54)39(40(34)50)49(51,52)53)70-19-18-68-15-14-67-16-17-69-26-37(63)58-42(47(3,4)5)44(65)59-25-33(62)21-35(59)43(64)56-23-30-8-10-31(11-9-30)41-29(2)57-27-72-41/h8-13,20,24,27,33,35,42,62H,14-19,21,23,25-26H2,1-7H3,(H,56,64)(H,58,63)/t33-,35+,42-/m1/s1. The van der Waals surface area contributed by atoms with Crippen molar-refractivity contribution in [1.82, 2.24) is 25.5 Å². The number of aryl methyl sites for hydroxylation is 2. The lowest BCUT2D eigenvalue weighted by Crippen LogP contribution is -2.58. The first-order valence-corrected chi connectivity index (χ1v) is 24.1. The molecule has 2 saturated heterocycles. The van der Waals surface area contributed by atoms with E-state index in [-0.39, 0.29) is 76.8 Å². The largest absolute Gasteiger partial charge is 0.475 e. The predicted molar refractivity (Wildman–Crippen MR) is 261 cm³/mol. The number of likely N-dealkylation sites (tertiary alicyclic amines) is 1. The molecular formula is C49H56F4N8O9S2. The molecule has 0 aliphatic carbocycles. The van der Waals surface area contributed by atoms with Gasteiger partial charge >= 0.3 is 6.18 Å². The van der Waals surface area contributed by atoms with Gasteiger partial charge in [0.2, 0.25) is 23.6 Å². The number of carbonyl (C=O) groups is 4. The monoisotopic (exact) mass is 1040 g/mol. The van der Waals surface area contributed by atoms with E-state index in [1.807, 2.05) is 31.2 Å². The Balaban J connectivity index is 0.886. The van der Waals surface area contributed by atoms with E-state index in [0.29, 0.717) is 16.2 Å². The Morgan fingerprint density at radius 2 is 1.64 bits per heavy atom. The highest BCUT2D eigenvalue weighted by atomic mass is 32.1. The number of thiocarbonyl (C=S) groups is 1. The summed E-state index contributed by atoms with van der Waals surface area (Å²) in [5, 5.41) is 25.1. The van der Waals surface area contributed by atoms with Crippen molar-refractivity contribution in [3.8, 4) is 22.4 Å². The molecule has 0 radical (unpaired) electrons. The zero-order valence-corrected chi connectivity index (χ0v) is 42.4. The minimum absolute atomic E-state index is 0.0579. The van der Waals surface area contributed by atoms with Gasteiger partial charge in [-0.1, -0.05) is 45.0 Å². The lowest BCUT2D eigenvalue weighted by atomic mass is 9.85. The number of nitrogens with one attached hydrogen (secondary N) is 2. The molecule has 2 aliphatic heterocycles. The highest BCUT2D eigenvalue weighted by molar-refractivity contribution is 7.81. The highest BCUT2D eigenvalue weighted by Gasteiger charge is 2.52. The van der Waals surface area contributed by atoms with Gasteiger partial charge in [-0.2, -0.15) is 18.4 Å². The Morgan fingerprint density at radius 1 is 0.986 bits per heavy atom. The number of carbonyl (C=O) groups excluding carboxylic acids is 4. The van der Waals surface area contributed by atoms with Gasteiger partial charge in [0.25, 0.3) is 5.91 Å². The van der Waals surface area contributed by atoms with E-state index >= 15 is 4.39 Å². The summed E-state index contributed by atoms with van der Waals surface area (Å²) in [5.74, 6) is -3.84. The number of nitriles is 1. The smallest absolute Gasteiger partial charge is 0.420 e. The Kier molecular flexibility index (Phi) is 17.7. The van der Waals surface area contributed by atoms with Gasteiger partial charge in [-0.05, 0) is 74.2 Å². The molecule has 4 heterocycles. The van der Waals surface area contributed by atoms with Crippen molar-refractivity contribution in [1.29, 1.82) is 5.26 Å². The van der Waals surface area contributed by atoms with Crippen LogP contribution in [0.1, 0.15) is 69.0 Å². The minimum atomic E-state index is -5.21. The fraction of sp³-hybridized carbons (Fsp3) is 0.469. The van der Waals surface area contributed by atoms with Gasteiger partial charge in [-0.25, -0.2) is 14.4 Å². The molecular weight excluding hydrogens is 985 g/mol. The number of thiazole rings is 1. The highest BCUT2D eigenvalue weighted by Crippen LogP contribution is 2.43. The van der Waals surface area contributed by atoms with Crippen molar-refractivity contribution in [2.45, 2.75) is 91.3 Å². The van der Waals surface area contributed by atoms with E-state index in [1.54, 1.807) is 50.6 Å². The average Bonchev–Trinajstić information content (AvgIpc) is 3.98. The number of aliphatic hydroxyl groups excluding tert-OH is 1. The second-order valence-electron chi connectivity index (χ2n) is 18.6. The predicted octanol–water partition coefficient (Wildman–Crippen LogP) is 6.01. The summed E-state index contributed by atoms with van der Waals surface area (Å²) in [4.78, 5) is 67.0. The first-order valence-electron chi connectivity index (χ1n) is 22.8. The molecule has 0 saturated carbocycles. The van der Waals surface area contributed by atoms with E-state index in [4.69, 9.17) is 31.2 Å². The van der Waals surface area contributed by atoms with Crippen LogP contribution in [0.25, 0.3) is 10.4 Å². The van der Waals surface area contributed by atoms with Crippen LogP contribution in [0.15, 0.2) is 54.2 Å². The number of aliphatic hydroxyl groups is 1. The summed E-state index contributed by atoms with van der Waals surface area (Å²) >= 11 is 7.08. The molecule has 386 valence electrons. The number of amides is 4. The zero-order valence-electron chi connectivity index (χ0n) is 40.7. The number of anilines is 2. The van der Waals surface area contributed by atoms with E-state index in [1.165, 1.54) is 35.9 Å². The van der Waals surface area contributed by atoms with Gasteiger partial charge in [0.1, 0.15) is 36.4 Å². The summed E-state index contributed by atoms with van der Waals surface area (Å²) in [6.45, 7) is 12.6. The van der Waals surface area contributed by atoms with Gasteiger partial charge in [0.15, 0.2) is 10.9 Å². The number of nitrogens with zero attached hydrogens (tertiary/aromatic N) is 6. The van der Waals surface area contributed by atoms with Gasteiger partial charge in [0.05, 0.1) is 84.4 Å². The maximum atomic E-state index is 15.4. The summed E-state index contributed by atoms with van der Waals surface area (Å²) in [6.07, 6.45) is -4.69. The molecule has 4 aromatic rings. The van der Waals surface area contributed by atoms with Crippen molar-refractivity contribution in [2.75, 3.05) is 62.6 Å². The number of pyridine rings is 1. The van der Waals surface area contributed by atoms with Crippen LogP contribution in [-0.4, -0.2) is 125 Å². The third-order valence-electron chi connectivity index (χ3n) is 11.9. The summed E-state index contributed by atoms with van der Waals surface area (Å²) < 4.78 is 79.0. The number of rotatable bonds is 20. The second-order valence-corrected chi connectivity index (χ2v) is 19.8. The third kappa shape index (κ3) is 12.7. The van der Waals surface area contributed by atoms with Gasteiger partial charge in [-0.15, -0.1) is 11.3 Å². The van der Waals surface area contributed by atoms with E-state index in [0.717, 1.165) is 33.8 Å². The van der Waals surface area contributed by atoms with Crippen LogP contribution in [0.5, 0.6) is 5.88 Å². The lowest BCUT2D eigenvalue weighted by Gasteiger charge is -2.35. The number of β-amino-alcohol motifs (C(OH)–C–C–N with tert-alkyl or cyclic N) is 1. The van der Waals surface area contributed by atoms with E-state index in [9.17, 15) is 42.7 Å². The second kappa shape index (κ2) is 23.2. The summed E-state index contributed by atoms with van der Waals surface area (Å²) in [7, 11) is 0. The quantitative estimate of drug-likeness (QED) is 0.0527. The average molecular weight is 1040 g/mol. The number of hydrogen-bond acceptors (Lipinski definition) is 14. The fourth-order valence-corrected chi connectivity index (χ4v) is 9.47. The van der Waals surface area contributed by atoms with Crippen molar-refractivity contribution in [3.63, 3.8) is 0 Å². The SMILES string of the molecule is Cc1cc(OCCOCCOCCOCC(=O)N[C@H](C(=O)N2C[C@H](O)C[C@H]2C(=O)NCc2ccc(-c3scnc3C)cc2)C(C)(C)C)ncc1N1C(=S)N(c2ccc(C#N)c(C(F)(F)F)c2F)C(=O)C1(C)C. The topological polar surface area (TPSA) is 209 Å². The Bertz CT molecular complexity index is 2690. The molecule has 6 rings (SSSR count). The molecule has 72 heavy (non-hydrogen) atoms. The maximum absolute atomic E-state index is 15.4. The van der Waals surface area contributed by atoms with Gasteiger partial charge in [0, 0.05) is 25.6 Å². The van der Waals surface area contributed by atoms with Crippen LogP contribution in [0.2, 0.25) is 0 Å². The van der Waals surface area contributed by atoms with Crippen LogP contribution >= 0.6 is 23.6 Å². The van der Waals surface area contributed by atoms with Crippen molar-refractivity contribution in [2.24, 2.45) is 5.41 Å². The molecule has 3 atom stereocenters. The van der Waals surface area contributed by atoms with Crippen LogP contribution in [0.3, 0.4) is 0 Å². The van der Waals surface area contributed by atoms with Crippen LogP contribution < -0.4 is 25.2 Å². The molecule has 17 nitrogen and oxygen atoms in total. The Hall–Kier alpha value is -6.16. The van der Waals surface area contributed by atoms with Crippen LogP contribution in [-0.2, 0) is 46.1 Å². The molecule has 2 aromatic carbocycles. The summed E-state index contributed by atoms with van der Waals surface area (Å²) in [6, 6.07) is 10.4. The number of hydrogen-bond donors (Lipinski definition) is 3. The molecule has 2 aliphatic rings. The Morgan fingerprint density at radius 3 is 2.24 bits per heavy atom. The van der Waals surface area contributed by atoms with Crippen molar-refractivity contribution < 1.29 is 60.8 Å². The lowest BCUT2D eigenvalue weighted by molar-refractivity contribution is -0.144. The van der Waals surface area contributed by atoms with Crippen LogP contribution in [0.4, 0.5) is 28.9 Å². The third-order valence-corrected chi connectivity index (χ3v) is 13.2. The Labute approximate surface area is 423 Å². The van der Waals surface area contributed by atoms with E-state index < -0.39 is 81.6 Å². The van der Waals surface area contributed by atoms with Gasteiger partial charge < -0.3 is 44.5 Å². The maximum Gasteiger partial charge on any atom is 0.420 e. The molecule has 0 unspecified atom stereocenters. The molecule has 0 spiro atoms. The number of ether oxygens (including phenoxy) is 4. The minimum Gasteiger partial charge on any atom is -0.475 e. The zero-order chi connectivity index (χ0) is 52.7. The first-order chi connectivity index (χ1) is 33.9. The number of aromatic nitrogens is 2. The van der Waals surface area contributed by atoms with Crippen molar-refractivity contribution >= 4 is 63.7 Å². The number of benzene rings is 2. The van der Waals surface area contributed by atoms with Gasteiger partial charge in [-0.3, -0.25) is 24.1 Å². The fourth-order valence-electron chi connectivity index (χ4n) is 8.15. The molecule has 4 amide bonds. The molecule has 2 aromatic heterocycles. The number of alkyl halides is 3. The van der Waals surface area contributed by atoms with Crippen LogP contribution in [0, 0.1) is 36.4 Å². The van der Waals surface area contributed by atoms with E-state index in [2.05, 4.69) is 20.6 Å². The summed E-state index contributed by atoms with van der Waals surface area (Å²) in [5.41, 5.74) is -0.211. The molecule has 23 heteroatoms. The first kappa shape index (κ1) is 55.2. The molecule has 3 N–H and O–H groups in total. The molecule has 2 fully saturated rings.